The van der Waals surface area contributed by atoms with E-state index in [0.29, 0.717) is 55.8 Å². The summed E-state index contributed by atoms with van der Waals surface area (Å²) in [6.45, 7) is 8.86. The maximum atomic E-state index is 11.3. The van der Waals surface area contributed by atoms with Crippen LogP contribution in [0.15, 0.2) is 6.33 Å². The van der Waals surface area contributed by atoms with Gasteiger partial charge in [0.1, 0.15) is 0 Å². The number of unbranched alkanes of at least 4 members (excludes halogenated alkanes) is 3. The van der Waals surface area contributed by atoms with Crippen LogP contribution in [-0.2, 0) is 9.47 Å². The summed E-state index contributed by atoms with van der Waals surface area (Å²) in [4.78, 5) is 13.6. The van der Waals surface area contributed by atoms with Crippen molar-refractivity contribution in [3.63, 3.8) is 0 Å². The lowest BCUT2D eigenvalue weighted by atomic mass is 10.0. The van der Waals surface area contributed by atoms with E-state index in [1.165, 1.54) is 0 Å². The van der Waals surface area contributed by atoms with Gasteiger partial charge in [-0.1, -0.05) is 40.0 Å². The van der Waals surface area contributed by atoms with E-state index in [0.717, 1.165) is 38.5 Å². The van der Waals surface area contributed by atoms with Crippen LogP contribution < -0.4 is 9.82 Å². The largest absolute Gasteiger partial charge is 0.476 e. The number of aliphatic hydroxyl groups excluding tert-OH is 1. The standard InChI is InChI=1S/C23H40N5O4P/c1-4-7-10-30-14-16-18(31-11-8-5-2)13-17(20(16)29)28-15-24-19-21(28)25-23(27-33)26-22(19)32-12-9-6-3/h15-18,20,29H,4-14,33H2,1-3H3,(H,25,26,27)/t16-,17+,18+,20+/m1/s1. The number of ether oxygens (including phenoxy) is 3. The summed E-state index contributed by atoms with van der Waals surface area (Å²) in [7, 11) is 2.42. The molecule has 0 radical (unpaired) electrons. The van der Waals surface area contributed by atoms with Gasteiger partial charge in [0.05, 0.1) is 37.8 Å². The summed E-state index contributed by atoms with van der Waals surface area (Å²) < 4.78 is 20.0. The molecule has 1 saturated carbocycles. The van der Waals surface area contributed by atoms with Crippen LogP contribution in [0.1, 0.15) is 71.8 Å². The highest BCUT2D eigenvalue weighted by molar-refractivity contribution is 7.18. The minimum Gasteiger partial charge on any atom is -0.476 e. The molecule has 186 valence electrons. The summed E-state index contributed by atoms with van der Waals surface area (Å²) >= 11 is 0. The summed E-state index contributed by atoms with van der Waals surface area (Å²) in [5, 5.41) is 14.3. The van der Waals surface area contributed by atoms with Crippen molar-refractivity contribution < 1.29 is 19.3 Å². The molecule has 0 spiro atoms. The molecule has 5 atom stereocenters. The Morgan fingerprint density at radius 3 is 2.55 bits per heavy atom. The fourth-order valence-corrected chi connectivity index (χ4v) is 4.32. The number of aromatic nitrogens is 4. The van der Waals surface area contributed by atoms with Gasteiger partial charge in [-0.3, -0.25) is 0 Å². The van der Waals surface area contributed by atoms with Crippen LogP contribution in [-0.4, -0.2) is 63.3 Å². The molecule has 2 aromatic rings. The zero-order chi connectivity index (χ0) is 23.6. The molecule has 2 heterocycles. The van der Waals surface area contributed by atoms with Crippen molar-refractivity contribution in [2.24, 2.45) is 5.92 Å². The van der Waals surface area contributed by atoms with Crippen molar-refractivity contribution in [3.05, 3.63) is 6.33 Å². The highest BCUT2D eigenvalue weighted by Crippen LogP contribution is 2.39. The molecule has 0 aliphatic heterocycles. The van der Waals surface area contributed by atoms with Crippen molar-refractivity contribution in [3.8, 4) is 5.88 Å². The van der Waals surface area contributed by atoms with Crippen LogP contribution in [0.2, 0.25) is 0 Å². The number of rotatable bonds is 15. The molecule has 10 heteroatoms. The SMILES string of the molecule is CCCCOC[C@H]1[C@H](O)[C@@H](n2cnc3c(OCCCC)nc(NP)nc32)C[C@@H]1OCCCC. The molecule has 0 bridgehead atoms. The van der Waals surface area contributed by atoms with Crippen molar-refractivity contribution in [2.75, 3.05) is 31.5 Å². The predicted octanol–water partition coefficient (Wildman–Crippen LogP) is 4.13. The summed E-state index contributed by atoms with van der Waals surface area (Å²) in [5.74, 6) is 0.797. The van der Waals surface area contributed by atoms with Crippen LogP contribution >= 0.6 is 9.39 Å². The third kappa shape index (κ3) is 6.53. The first-order chi connectivity index (χ1) is 16.1. The second-order valence-corrected chi connectivity index (χ2v) is 8.96. The maximum absolute atomic E-state index is 11.3. The van der Waals surface area contributed by atoms with Gasteiger partial charge in [-0.05, 0) is 35.1 Å². The molecule has 9 nitrogen and oxygen atoms in total. The first-order valence-electron chi connectivity index (χ1n) is 12.4. The number of hydrogen-bond acceptors (Lipinski definition) is 8. The first-order valence-corrected chi connectivity index (χ1v) is 12.9. The van der Waals surface area contributed by atoms with Crippen LogP contribution in [0.3, 0.4) is 0 Å². The second-order valence-electron chi connectivity index (χ2n) is 8.67. The average Bonchev–Trinajstić information content (AvgIpc) is 3.38. The number of imidazole rings is 1. The average molecular weight is 482 g/mol. The van der Waals surface area contributed by atoms with E-state index in [9.17, 15) is 5.11 Å². The molecular formula is C23H40N5O4P. The Morgan fingerprint density at radius 1 is 1.09 bits per heavy atom. The molecule has 0 aromatic carbocycles. The quantitative estimate of drug-likeness (QED) is 0.289. The molecule has 1 aliphatic carbocycles. The molecule has 1 unspecified atom stereocenters. The van der Waals surface area contributed by atoms with Gasteiger partial charge in [-0.25, -0.2) is 4.98 Å². The van der Waals surface area contributed by atoms with Crippen LogP contribution in [0.5, 0.6) is 5.88 Å². The lowest BCUT2D eigenvalue weighted by Gasteiger charge is -2.23. The number of nitrogens with one attached hydrogen (secondary N) is 1. The Labute approximate surface area is 199 Å². The Morgan fingerprint density at radius 2 is 1.82 bits per heavy atom. The lowest BCUT2D eigenvalue weighted by molar-refractivity contribution is -0.0392. The third-order valence-electron chi connectivity index (χ3n) is 6.18. The number of aliphatic hydroxyl groups is 1. The summed E-state index contributed by atoms with van der Waals surface area (Å²) in [6.07, 6.45) is 7.87. The lowest BCUT2D eigenvalue weighted by Crippen LogP contribution is -2.32. The molecule has 2 aromatic heterocycles. The van der Waals surface area contributed by atoms with E-state index >= 15 is 0 Å². The predicted molar refractivity (Wildman–Crippen MR) is 133 cm³/mol. The van der Waals surface area contributed by atoms with E-state index < -0.39 is 6.10 Å². The topological polar surface area (TPSA) is 104 Å². The van der Waals surface area contributed by atoms with E-state index in [4.69, 9.17) is 14.2 Å². The Balaban J connectivity index is 1.85. The number of fused-ring (bicyclic) bond motifs is 1. The molecule has 0 amide bonds. The van der Waals surface area contributed by atoms with Gasteiger partial charge in [0.15, 0.2) is 11.2 Å². The van der Waals surface area contributed by atoms with Gasteiger partial charge in [0.2, 0.25) is 11.8 Å². The first kappa shape index (κ1) is 26.1. The minimum atomic E-state index is -0.623. The minimum absolute atomic E-state index is 0.0722. The zero-order valence-corrected chi connectivity index (χ0v) is 21.4. The number of nitrogens with zero attached hydrogens (tertiary/aromatic N) is 4. The van der Waals surface area contributed by atoms with Crippen molar-refractivity contribution >= 4 is 26.5 Å². The van der Waals surface area contributed by atoms with Crippen molar-refractivity contribution in [2.45, 2.75) is 84.0 Å². The summed E-state index contributed by atoms with van der Waals surface area (Å²) in [6, 6.07) is -0.211. The molecule has 2 N–H and O–H groups in total. The highest BCUT2D eigenvalue weighted by atomic mass is 31.0. The van der Waals surface area contributed by atoms with Crippen LogP contribution in [0.4, 0.5) is 5.95 Å². The van der Waals surface area contributed by atoms with Gasteiger partial charge in [-0.2, -0.15) is 9.97 Å². The van der Waals surface area contributed by atoms with Gasteiger partial charge in [-0.15, -0.1) is 0 Å². The Bertz CT molecular complexity index is 852. The molecule has 0 saturated heterocycles. The zero-order valence-electron chi connectivity index (χ0n) is 20.2. The molecule has 1 fully saturated rings. The molecule has 3 rings (SSSR count). The van der Waals surface area contributed by atoms with Gasteiger partial charge < -0.3 is 29.0 Å². The van der Waals surface area contributed by atoms with Gasteiger partial charge in [0, 0.05) is 19.1 Å². The van der Waals surface area contributed by atoms with Gasteiger partial charge >= 0.3 is 0 Å². The van der Waals surface area contributed by atoms with E-state index in [1.807, 2.05) is 4.57 Å². The molecular weight excluding hydrogens is 441 g/mol. The monoisotopic (exact) mass is 481 g/mol. The van der Waals surface area contributed by atoms with Crippen molar-refractivity contribution in [1.82, 2.24) is 19.5 Å². The second kappa shape index (κ2) is 13.4. The normalized spacial score (nSPS) is 22.8. The fourth-order valence-electron chi connectivity index (χ4n) is 4.19. The highest BCUT2D eigenvalue weighted by Gasteiger charge is 2.44. The third-order valence-corrected chi connectivity index (χ3v) is 6.44. The molecule has 33 heavy (non-hydrogen) atoms. The maximum Gasteiger partial charge on any atom is 0.247 e. The number of anilines is 1. The van der Waals surface area contributed by atoms with Crippen LogP contribution in [0, 0.1) is 5.92 Å². The fraction of sp³-hybridized carbons (Fsp3) is 0.783. The summed E-state index contributed by atoms with van der Waals surface area (Å²) in [5.41, 5.74) is 1.25. The van der Waals surface area contributed by atoms with E-state index in [2.05, 4.69) is 50.2 Å². The van der Waals surface area contributed by atoms with Crippen LogP contribution in [0.25, 0.3) is 11.2 Å². The Hall–Kier alpha value is -1.54. The molecule has 1 aliphatic rings. The van der Waals surface area contributed by atoms with Gasteiger partial charge in [0.25, 0.3) is 0 Å². The van der Waals surface area contributed by atoms with Crippen molar-refractivity contribution in [1.29, 1.82) is 0 Å². The smallest absolute Gasteiger partial charge is 0.247 e. The Kier molecular flexibility index (Phi) is 10.6. The number of hydrogen-bond donors (Lipinski definition) is 2. The van der Waals surface area contributed by atoms with E-state index in [1.54, 1.807) is 6.33 Å². The van der Waals surface area contributed by atoms with E-state index in [-0.39, 0.29) is 18.1 Å².